The molecule has 0 amide bonds. The van der Waals surface area contributed by atoms with Crippen LogP contribution in [0.15, 0.2) is 65.8 Å². The second-order valence-corrected chi connectivity index (χ2v) is 7.02. The number of anilines is 1. The molecule has 7 heteroatoms. The Morgan fingerprint density at radius 3 is 2.10 bits per heavy atom. The van der Waals surface area contributed by atoms with Crippen molar-refractivity contribution < 1.29 is 20.4 Å². The SMILES string of the molecule is Cc1c(O)ccc(C2=CC(c3ccccc3)=NN(c3ccc(O)c(C)c3O)N2)c1O. The summed E-state index contributed by atoms with van der Waals surface area (Å²) in [7, 11) is 0. The van der Waals surface area contributed by atoms with Crippen LogP contribution in [0.25, 0.3) is 5.70 Å². The van der Waals surface area contributed by atoms with Gasteiger partial charge in [-0.2, -0.15) is 10.2 Å². The average Bonchev–Trinajstić information content (AvgIpc) is 2.76. The van der Waals surface area contributed by atoms with Crippen LogP contribution in [0.1, 0.15) is 22.3 Å². The van der Waals surface area contributed by atoms with Crippen LogP contribution >= 0.6 is 0 Å². The van der Waals surface area contributed by atoms with Crippen LogP contribution in [0.2, 0.25) is 0 Å². The van der Waals surface area contributed by atoms with E-state index in [9.17, 15) is 20.4 Å². The number of allylic oxidation sites excluding steroid dienone is 1. The van der Waals surface area contributed by atoms with Crippen molar-refractivity contribution in [3.05, 3.63) is 82.9 Å². The first-order valence-corrected chi connectivity index (χ1v) is 9.32. The van der Waals surface area contributed by atoms with Crippen LogP contribution in [0.5, 0.6) is 23.0 Å². The molecule has 0 bridgehead atoms. The fourth-order valence-corrected chi connectivity index (χ4v) is 3.20. The fraction of sp³-hybridized carbons (Fsp3) is 0.0870. The Morgan fingerprint density at radius 1 is 0.767 bits per heavy atom. The lowest BCUT2D eigenvalue weighted by Crippen LogP contribution is -2.36. The first-order valence-electron chi connectivity index (χ1n) is 9.32. The number of hydrogen-bond donors (Lipinski definition) is 5. The third-order valence-corrected chi connectivity index (χ3v) is 5.09. The lowest BCUT2D eigenvalue weighted by molar-refractivity contribution is 0.441. The second-order valence-electron chi connectivity index (χ2n) is 7.02. The Hall–Kier alpha value is -4.13. The molecule has 4 rings (SSSR count). The first-order chi connectivity index (χ1) is 14.4. The highest BCUT2D eigenvalue weighted by Crippen LogP contribution is 2.38. The van der Waals surface area contributed by atoms with Crippen molar-refractivity contribution in [2.45, 2.75) is 13.8 Å². The molecular formula is C23H21N3O4. The van der Waals surface area contributed by atoms with Gasteiger partial charge in [-0.25, -0.2) is 0 Å². The summed E-state index contributed by atoms with van der Waals surface area (Å²) in [6.45, 7) is 3.22. The minimum atomic E-state index is -0.119. The first kappa shape index (κ1) is 19.2. The summed E-state index contributed by atoms with van der Waals surface area (Å²) in [5.41, 5.74) is 6.52. The molecule has 0 fully saturated rings. The molecule has 0 saturated carbocycles. The Bertz CT molecular complexity index is 1190. The van der Waals surface area contributed by atoms with Gasteiger partial charge in [-0.15, -0.1) is 0 Å². The van der Waals surface area contributed by atoms with Gasteiger partial charge in [0.1, 0.15) is 28.7 Å². The zero-order chi connectivity index (χ0) is 21.4. The lowest BCUT2D eigenvalue weighted by Gasteiger charge is -2.29. The summed E-state index contributed by atoms with van der Waals surface area (Å²) >= 11 is 0. The van der Waals surface area contributed by atoms with Crippen LogP contribution in [0.4, 0.5) is 5.69 Å². The van der Waals surface area contributed by atoms with Gasteiger partial charge in [0, 0.05) is 22.3 Å². The standard InChI is InChI=1S/C23H21N3O4/c1-13-20(27)10-8-16(22(13)29)18-12-17(15-6-4-3-5-7-15)24-26(25-18)19-9-11-21(28)14(2)23(19)30/h3-12,25,27-30H,1-2H3. The number of phenols is 4. The summed E-state index contributed by atoms with van der Waals surface area (Å²) < 4.78 is 0. The highest BCUT2D eigenvalue weighted by atomic mass is 16.3. The van der Waals surface area contributed by atoms with Gasteiger partial charge in [0.25, 0.3) is 0 Å². The van der Waals surface area contributed by atoms with E-state index in [1.54, 1.807) is 32.1 Å². The molecule has 152 valence electrons. The van der Waals surface area contributed by atoms with Crippen molar-refractivity contribution in [1.82, 2.24) is 5.43 Å². The smallest absolute Gasteiger partial charge is 0.149 e. The van der Waals surface area contributed by atoms with Crippen LogP contribution in [0.3, 0.4) is 0 Å². The average molecular weight is 403 g/mol. The number of nitrogens with one attached hydrogen (secondary N) is 1. The van der Waals surface area contributed by atoms with Crippen LogP contribution in [0, 0.1) is 13.8 Å². The van der Waals surface area contributed by atoms with Crippen molar-refractivity contribution in [3.63, 3.8) is 0 Å². The van der Waals surface area contributed by atoms with Gasteiger partial charge in [0.05, 0.1) is 11.4 Å². The molecule has 1 aliphatic heterocycles. The highest BCUT2D eigenvalue weighted by Gasteiger charge is 2.23. The topological polar surface area (TPSA) is 109 Å². The maximum atomic E-state index is 10.6. The van der Waals surface area contributed by atoms with Crippen molar-refractivity contribution in [2.75, 3.05) is 5.12 Å². The van der Waals surface area contributed by atoms with E-state index < -0.39 is 0 Å². The Balaban J connectivity index is 1.87. The molecule has 0 unspecified atom stereocenters. The van der Waals surface area contributed by atoms with E-state index in [1.165, 1.54) is 17.3 Å². The van der Waals surface area contributed by atoms with E-state index in [4.69, 9.17) is 0 Å². The lowest BCUT2D eigenvalue weighted by atomic mass is 10.0. The molecule has 30 heavy (non-hydrogen) atoms. The van der Waals surface area contributed by atoms with Crippen LogP contribution in [-0.2, 0) is 0 Å². The van der Waals surface area contributed by atoms with Gasteiger partial charge in [0.2, 0.25) is 0 Å². The summed E-state index contributed by atoms with van der Waals surface area (Å²) in [5.74, 6) is -0.212. The Labute approximate surface area is 173 Å². The van der Waals surface area contributed by atoms with E-state index in [0.717, 1.165) is 5.56 Å². The highest BCUT2D eigenvalue weighted by molar-refractivity contribution is 6.13. The normalized spacial score (nSPS) is 13.5. The molecule has 3 aromatic carbocycles. The Morgan fingerprint density at radius 2 is 1.40 bits per heavy atom. The molecule has 5 N–H and O–H groups in total. The fourth-order valence-electron chi connectivity index (χ4n) is 3.20. The Kier molecular flexibility index (Phi) is 4.71. The number of nitrogens with zero attached hydrogens (tertiary/aromatic N) is 2. The van der Waals surface area contributed by atoms with E-state index in [-0.39, 0.29) is 23.0 Å². The molecule has 0 aliphatic carbocycles. The van der Waals surface area contributed by atoms with Crippen molar-refractivity contribution in [2.24, 2.45) is 5.10 Å². The summed E-state index contributed by atoms with van der Waals surface area (Å²) in [6.07, 6.45) is 1.78. The van der Waals surface area contributed by atoms with Crippen LogP contribution in [-0.4, -0.2) is 26.1 Å². The zero-order valence-corrected chi connectivity index (χ0v) is 16.5. The molecule has 3 aromatic rings. The number of aromatic hydroxyl groups is 4. The van der Waals surface area contributed by atoms with Gasteiger partial charge >= 0.3 is 0 Å². The van der Waals surface area contributed by atoms with Gasteiger partial charge in [-0.05, 0) is 44.2 Å². The van der Waals surface area contributed by atoms with E-state index in [0.29, 0.717) is 33.8 Å². The minimum absolute atomic E-state index is 0.00623. The molecule has 7 nitrogen and oxygen atoms in total. The largest absolute Gasteiger partial charge is 0.508 e. The summed E-state index contributed by atoms with van der Waals surface area (Å²) in [6, 6.07) is 15.6. The van der Waals surface area contributed by atoms with Gasteiger partial charge < -0.3 is 20.4 Å². The number of benzene rings is 3. The van der Waals surface area contributed by atoms with Gasteiger partial charge in [0.15, 0.2) is 0 Å². The third kappa shape index (κ3) is 3.26. The third-order valence-electron chi connectivity index (χ3n) is 5.09. The molecule has 1 aliphatic rings. The van der Waals surface area contributed by atoms with Crippen molar-refractivity contribution >= 4 is 17.1 Å². The monoisotopic (exact) mass is 403 g/mol. The van der Waals surface area contributed by atoms with Gasteiger partial charge in [-0.1, -0.05) is 30.3 Å². The second kappa shape index (κ2) is 7.36. The molecule has 0 spiro atoms. The predicted octanol–water partition coefficient (Wildman–Crippen LogP) is 3.90. The maximum Gasteiger partial charge on any atom is 0.149 e. The minimum Gasteiger partial charge on any atom is -0.508 e. The van der Waals surface area contributed by atoms with Crippen LogP contribution < -0.4 is 10.5 Å². The zero-order valence-electron chi connectivity index (χ0n) is 16.5. The molecule has 0 radical (unpaired) electrons. The maximum absolute atomic E-state index is 10.6. The summed E-state index contributed by atoms with van der Waals surface area (Å²) in [4.78, 5) is 0. The molecule has 0 saturated heterocycles. The van der Waals surface area contributed by atoms with E-state index >= 15 is 0 Å². The number of phenolic OH excluding ortho intramolecular Hbond substituents is 4. The molecular weight excluding hydrogens is 382 g/mol. The molecule has 1 heterocycles. The van der Waals surface area contributed by atoms with Gasteiger partial charge in [-0.3, -0.25) is 5.43 Å². The summed E-state index contributed by atoms with van der Waals surface area (Å²) in [5, 5.41) is 46.9. The number of hydrogen-bond acceptors (Lipinski definition) is 7. The molecule has 0 atom stereocenters. The quantitative estimate of drug-likeness (QED) is 0.454. The van der Waals surface area contributed by atoms with Crippen molar-refractivity contribution in [3.8, 4) is 23.0 Å². The van der Waals surface area contributed by atoms with E-state index in [1.807, 2.05) is 30.3 Å². The number of hydrazine groups is 1. The van der Waals surface area contributed by atoms with E-state index in [2.05, 4.69) is 10.5 Å². The predicted molar refractivity (Wildman–Crippen MR) is 116 cm³/mol. The number of rotatable bonds is 3. The van der Waals surface area contributed by atoms with Crippen molar-refractivity contribution in [1.29, 1.82) is 0 Å². The number of hydrazone groups is 1. The molecule has 0 aromatic heterocycles.